The van der Waals surface area contributed by atoms with E-state index in [4.69, 9.17) is 27.9 Å². The number of benzene rings is 1. The van der Waals surface area contributed by atoms with Crippen LogP contribution in [0.5, 0.6) is 0 Å². The van der Waals surface area contributed by atoms with Crippen molar-refractivity contribution in [3.63, 3.8) is 0 Å². The van der Waals surface area contributed by atoms with Gasteiger partial charge in [-0.2, -0.15) is 0 Å². The predicted molar refractivity (Wildman–Crippen MR) is 73.8 cm³/mol. The minimum absolute atomic E-state index is 0.115. The van der Waals surface area contributed by atoms with E-state index in [9.17, 15) is 9.90 Å². The minimum atomic E-state index is -0.621. The van der Waals surface area contributed by atoms with Gasteiger partial charge in [0.1, 0.15) is 0 Å². The number of aliphatic hydroxyl groups excluding tert-OH is 1. The molecule has 6 heteroatoms. The molecule has 1 aliphatic heterocycles. The highest BCUT2D eigenvalue weighted by molar-refractivity contribution is 6.35. The van der Waals surface area contributed by atoms with Gasteiger partial charge in [-0.15, -0.1) is 0 Å². The molecule has 0 unspecified atom stereocenters. The monoisotopic (exact) mass is 303 g/mol. The molecule has 0 saturated carbocycles. The van der Waals surface area contributed by atoms with E-state index in [1.165, 1.54) is 0 Å². The Labute approximate surface area is 121 Å². The Morgan fingerprint density at radius 3 is 2.37 bits per heavy atom. The number of hydrogen-bond donors (Lipinski definition) is 2. The second-order valence-corrected chi connectivity index (χ2v) is 5.54. The van der Waals surface area contributed by atoms with Crippen molar-refractivity contribution in [2.75, 3.05) is 19.8 Å². The summed E-state index contributed by atoms with van der Waals surface area (Å²) in [5.41, 5.74) is -0.235. The molecule has 0 atom stereocenters. The molecule has 1 fully saturated rings. The highest BCUT2D eigenvalue weighted by Gasteiger charge is 2.33. The van der Waals surface area contributed by atoms with Crippen molar-refractivity contribution in [2.45, 2.75) is 18.4 Å². The first kappa shape index (κ1) is 14.6. The molecule has 2 rings (SSSR count). The molecule has 1 heterocycles. The third kappa shape index (κ3) is 3.60. The molecule has 1 saturated heterocycles. The zero-order chi connectivity index (χ0) is 13.9. The normalized spacial score (nSPS) is 18.1. The Hall–Kier alpha value is -0.810. The van der Waals surface area contributed by atoms with Gasteiger partial charge >= 0.3 is 0 Å². The third-order valence-corrected chi connectivity index (χ3v) is 3.69. The molecular formula is C13H15Cl2NO3. The van der Waals surface area contributed by atoms with E-state index in [1.54, 1.807) is 18.2 Å². The van der Waals surface area contributed by atoms with Crippen LogP contribution < -0.4 is 5.32 Å². The first-order chi connectivity index (χ1) is 9.04. The molecule has 0 aromatic heterocycles. The van der Waals surface area contributed by atoms with E-state index >= 15 is 0 Å². The second kappa shape index (κ2) is 6.09. The van der Waals surface area contributed by atoms with Gasteiger partial charge in [0, 0.05) is 28.8 Å². The topological polar surface area (TPSA) is 58.6 Å². The number of carbonyl (C=O) groups excluding carboxylic acids is 1. The molecule has 1 aliphatic rings. The lowest BCUT2D eigenvalue weighted by molar-refractivity contribution is 0.0125. The summed E-state index contributed by atoms with van der Waals surface area (Å²) in [4.78, 5) is 12.2. The summed E-state index contributed by atoms with van der Waals surface area (Å²) in [5, 5.41) is 13.2. The van der Waals surface area contributed by atoms with Gasteiger partial charge in [0.15, 0.2) is 0 Å². The second-order valence-electron chi connectivity index (χ2n) is 4.66. The largest absolute Gasteiger partial charge is 0.394 e. The van der Waals surface area contributed by atoms with Gasteiger partial charge in [-0.05, 0) is 31.0 Å². The van der Waals surface area contributed by atoms with Gasteiger partial charge in [-0.3, -0.25) is 4.79 Å². The number of halogens is 2. The number of carbonyl (C=O) groups is 1. The first-order valence-electron chi connectivity index (χ1n) is 6.02. The lowest BCUT2D eigenvalue weighted by Gasteiger charge is -2.36. The maximum absolute atomic E-state index is 12.2. The van der Waals surface area contributed by atoms with Crippen molar-refractivity contribution >= 4 is 29.1 Å². The summed E-state index contributed by atoms with van der Waals surface area (Å²) in [6, 6.07) is 4.66. The zero-order valence-electron chi connectivity index (χ0n) is 10.3. The van der Waals surface area contributed by atoms with Crippen LogP contribution in [0.15, 0.2) is 18.2 Å². The van der Waals surface area contributed by atoms with Gasteiger partial charge in [0.25, 0.3) is 5.91 Å². The lowest BCUT2D eigenvalue weighted by Crippen LogP contribution is -2.54. The van der Waals surface area contributed by atoms with Gasteiger partial charge < -0.3 is 15.2 Å². The number of hydrogen-bond acceptors (Lipinski definition) is 3. The Bertz CT molecular complexity index is 453. The summed E-state index contributed by atoms with van der Waals surface area (Å²) in [5.74, 6) is -0.291. The van der Waals surface area contributed by atoms with E-state index < -0.39 is 5.54 Å². The Kier molecular flexibility index (Phi) is 4.68. The van der Waals surface area contributed by atoms with Crippen molar-refractivity contribution in [3.05, 3.63) is 33.8 Å². The number of amides is 1. The maximum Gasteiger partial charge on any atom is 0.251 e. The Morgan fingerprint density at radius 1 is 1.26 bits per heavy atom. The molecule has 1 amide bonds. The van der Waals surface area contributed by atoms with Gasteiger partial charge in [0.2, 0.25) is 0 Å². The standard InChI is InChI=1S/C13H15Cl2NO3/c14-10-5-9(6-11(15)7-10)12(18)16-13(8-17)1-3-19-4-2-13/h5-7,17H,1-4,8H2,(H,16,18). The van der Waals surface area contributed by atoms with Crippen molar-refractivity contribution in [1.82, 2.24) is 5.32 Å². The number of aliphatic hydroxyl groups is 1. The average Bonchev–Trinajstić information content (AvgIpc) is 2.38. The summed E-state index contributed by atoms with van der Waals surface area (Å²) in [7, 11) is 0. The molecule has 104 valence electrons. The molecule has 0 spiro atoms. The molecule has 1 aromatic rings. The quantitative estimate of drug-likeness (QED) is 0.900. The van der Waals surface area contributed by atoms with Crippen LogP contribution in [0.3, 0.4) is 0 Å². The van der Waals surface area contributed by atoms with Gasteiger partial charge in [-0.25, -0.2) is 0 Å². The van der Waals surface area contributed by atoms with Crippen molar-refractivity contribution < 1.29 is 14.6 Å². The number of rotatable bonds is 3. The lowest BCUT2D eigenvalue weighted by atomic mass is 9.90. The van der Waals surface area contributed by atoms with Gasteiger partial charge in [-0.1, -0.05) is 23.2 Å². The molecule has 0 bridgehead atoms. The molecular weight excluding hydrogens is 289 g/mol. The van der Waals surface area contributed by atoms with E-state index in [0.29, 0.717) is 41.7 Å². The fraction of sp³-hybridized carbons (Fsp3) is 0.462. The van der Waals surface area contributed by atoms with Crippen LogP contribution in [0.25, 0.3) is 0 Å². The smallest absolute Gasteiger partial charge is 0.251 e. The van der Waals surface area contributed by atoms with Crippen LogP contribution in [0, 0.1) is 0 Å². The molecule has 2 N–H and O–H groups in total. The van der Waals surface area contributed by atoms with Gasteiger partial charge in [0.05, 0.1) is 12.1 Å². The predicted octanol–water partition coefficient (Wildman–Crippen LogP) is 2.26. The summed E-state index contributed by atoms with van der Waals surface area (Å²) < 4.78 is 5.25. The highest BCUT2D eigenvalue weighted by atomic mass is 35.5. The van der Waals surface area contributed by atoms with Crippen molar-refractivity contribution in [2.24, 2.45) is 0 Å². The average molecular weight is 304 g/mol. The summed E-state index contributed by atoms with van der Waals surface area (Å²) >= 11 is 11.7. The molecule has 4 nitrogen and oxygen atoms in total. The fourth-order valence-electron chi connectivity index (χ4n) is 2.08. The zero-order valence-corrected chi connectivity index (χ0v) is 11.8. The van der Waals surface area contributed by atoms with Crippen LogP contribution in [0.4, 0.5) is 0 Å². The van der Waals surface area contributed by atoms with Crippen LogP contribution in [-0.2, 0) is 4.74 Å². The Balaban J connectivity index is 2.15. The first-order valence-corrected chi connectivity index (χ1v) is 6.77. The molecule has 0 radical (unpaired) electrons. The summed E-state index contributed by atoms with van der Waals surface area (Å²) in [6.45, 7) is 0.935. The van der Waals surface area contributed by atoms with Crippen LogP contribution in [-0.4, -0.2) is 36.4 Å². The maximum atomic E-state index is 12.2. The van der Waals surface area contributed by atoms with Crippen molar-refractivity contribution in [1.29, 1.82) is 0 Å². The van der Waals surface area contributed by atoms with E-state index in [0.717, 1.165) is 0 Å². The summed E-state index contributed by atoms with van der Waals surface area (Å²) in [6.07, 6.45) is 1.17. The fourth-order valence-corrected chi connectivity index (χ4v) is 2.61. The minimum Gasteiger partial charge on any atom is -0.394 e. The van der Waals surface area contributed by atoms with Crippen LogP contribution in [0.1, 0.15) is 23.2 Å². The molecule has 1 aromatic carbocycles. The number of ether oxygens (including phenoxy) is 1. The van der Waals surface area contributed by atoms with Crippen LogP contribution >= 0.6 is 23.2 Å². The molecule has 19 heavy (non-hydrogen) atoms. The van der Waals surface area contributed by atoms with Crippen molar-refractivity contribution in [3.8, 4) is 0 Å². The highest BCUT2D eigenvalue weighted by Crippen LogP contribution is 2.23. The van der Waals surface area contributed by atoms with E-state index in [1.807, 2.05) is 0 Å². The van der Waals surface area contributed by atoms with E-state index in [2.05, 4.69) is 5.32 Å². The SMILES string of the molecule is O=C(NC1(CO)CCOCC1)c1cc(Cl)cc(Cl)c1. The third-order valence-electron chi connectivity index (χ3n) is 3.26. The molecule has 0 aliphatic carbocycles. The Morgan fingerprint density at radius 2 is 1.84 bits per heavy atom. The van der Waals surface area contributed by atoms with Crippen LogP contribution in [0.2, 0.25) is 10.0 Å². The van der Waals surface area contributed by atoms with E-state index in [-0.39, 0.29) is 12.5 Å². The number of nitrogens with one attached hydrogen (secondary N) is 1.